The highest BCUT2D eigenvalue weighted by atomic mass is 16.7. The Hall–Kier alpha value is -1.11. The highest BCUT2D eigenvalue weighted by molar-refractivity contribution is 5.78. The van der Waals surface area contributed by atoms with E-state index in [1.54, 1.807) is 6.08 Å². The number of hydrogen-bond donors (Lipinski definition) is 7. The second kappa shape index (κ2) is 19.9. The average Bonchev–Trinajstić information content (AvgIpc) is 2.88. The average molecular weight is 519 g/mol. The van der Waals surface area contributed by atoms with Gasteiger partial charge in [-0.15, -0.1) is 0 Å². The van der Waals surface area contributed by atoms with Gasteiger partial charge in [-0.25, -0.2) is 0 Å². The molecular weight excluding hydrogens is 468 g/mol. The van der Waals surface area contributed by atoms with Gasteiger partial charge in [0, 0.05) is 0 Å². The van der Waals surface area contributed by atoms with Crippen LogP contribution in [-0.2, 0) is 14.3 Å². The molecule has 1 saturated heterocycles. The third-order valence-corrected chi connectivity index (χ3v) is 6.54. The predicted molar refractivity (Wildman–Crippen MR) is 137 cm³/mol. The van der Waals surface area contributed by atoms with Crippen LogP contribution in [0.3, 0.4) is 0 Å². The first-order valence-electron chi connectivity index (χ1n) is 13.6. The molecule has 7 atom stereocenters. The minimum Gasteiger partial charge on any atom is -0.394 e. The Morgan fingerprint density at radius 3 is 2.11 bits per heavy atom. The Morgan fingerprint density at radius 1 is 0.972 bits per heavy atom. The molecule has 36 heavy (non-hydrogen) atoms. The van der Waals surface area contributed by atoms with Crippen molar-refractivity contribution in [2.24, 2.45) is 5.73 Å². The number of nitrogens with two attached hydrogens (primary N) is 1. The van der Waals surface area contributed by atoms with Crippen molar-refractivity contribution in [3.63, 3.8) is 0 Å². The molecule has 0 saturated carbocycles. The number of ether oxygens (including phenoxy) is 2. The summed E-state index contributed by atoms with van der Waals surface area (Å²) in [5.41, 5.74) is 5.37. The van der Waals surface area contributed by atoms with Crippen LogP contribution in [0, 0.1) is 0 Å². The lowest BCUT2D eigenvalue weighted by molar-refractivity contribution is -0.302. The summed E-state index contributed by atoms with van der Waals surface area (Å²) in [6, 6.07) is -0.873. The number of aliphatic hydroxyl groups excluding tert-OH is 5. The van der Waals surface area contributed by atoms with E-state index in [1.807, 2.05) is 6.08 Å². The maximum absolute atomic E-state index is 11.8. The van der Waals surface area contributed by atoms with Gasteiger partial charge >= 0.3 is 0 Å². The van der Waals surface area contributed by atoms with Crippen LogP contribution >= 0.6 is 0 Å². The highest BCUT2D eigenvalue weighted by Crippen LogP contribution is 2.22. The van der Waals surface area contributed by atoms with Gasteiger partial charge in [0.2, 0.25) is 5.91 Å². The van der Waals surface area contributed by atoms with E-state index >= 15 is 0 Å². The highest BCUT2D eigenvalue weighted by Gasteiger charge is 2.44. The van der Waals surface area contributed by atoms with Gasteiger partial charge in [-0.3, -0.25) is 4.79 Å². The van der Waals surface area contributed by atoms with Crippen molar-refractivity contribution in [3.05, 3.63) is 12.2 Å². The number of nitrogens with one attached hydrogen (secondary N) is 1. The van der Waals surface area contributed by atoms with Gasteiger partial charge in [-0.2, -0.15) is 0 Å². The summed E-state index contributed by atoms with van der Waals surface area (Å²) in [5.74, 6) is -0.491. The first-order chi connectivity index (χ1) is 17.3. The lowest BCUT2D eigenvalue weighted by atomic mass is 9.99. The van der Waals surface area contributed by atoms with E-state index < -0.39 is 55.4 Å². The Labute approximate surface area is 215 Å². The molecular formula is C26H50N2O8. The molecule has 10 heteroatoms. The van der Waals surface area contributed by atoms with Crippen LogP contribution in [0.25, 0.3) is 0 Å². The number of carbonyl (C=O) groups excluding carboxylic acids is 1. The Morgan fingerprint density at radius 2 is 1.56 bits per heavy atom. The van der Waals surface area contributed by atoms with Crippen molar-refractivity contribution in [1.29, 1.82) is 0 Å². The van der Waals surface area contributed by atoms with E-state index in [0.29, 0.717) is 0 Å². The first-order valence-corrected chi connectivity index (χ1v) is 13.6. The van der Waals surface area contributed by atoms with Gasteiger partial charge in [0.15, 0.2) is 6.29 Å². The molecule has 1 heterocycles. The van der Waals surface area contributed by atoms with E-state index in [9.17, 15) is 30.3 Å². The summed E-state index contributed by atoms with van der Waals surface area (Å²) in [4.78, 5) is 11.8. The van der Waals surface area contributed by atoms with Gasteiger partial charge in [0.25, 0.3) is 0 Å². The van der Waals surface area contributed by atoms with Crippen LogP contribution in [0.15, 0.2) is 12.2 Å². The van der Waals surface area contributed by atoms with Gasteiger partial charge in [-0.1, -0.05) is 83.3 Å². The van der Waals surface area contributed by atoms with Crippen LogP contribution in [-0.4, -0.2) is 94.1 Å². The van der Waals surface area contributed by atoms with Crippen molar-refractivity contribution in [2.45, 2.75) is 127 Å². The summed E-state index contributed by atoms with van der Waals surface area (Å²) < 4.78 is 10.8. The molecule has 0 unspecified atom stereocenters. The Kier molecular flexibility index (Phi) is 18.2. The lowest BCUT2D eigenvalue weighted by Gasteiger charge is -2.40. The van der Waals surface area contributed by atoms with Crippen molar-refractivity contribution in [3.8, 4) is 0 Å². The molecule has 0 aliphatic carbocycles. The fourth-order valence-corrected chi connectivity index (χ4v) is 4.19. The third kappa shape index (κ3) is 12.9. The van der Waals surface area contributed by atoms with Crippen LogP contribution in [0.4, 0.5) is 0 Å². The molecule has 1 fully saturated rings. The van der Waals surface area contributed by atoms with Gasteiger partial charge < -0.3 is 46.1 Å². The minimum atomic E-state index is -1.58. The number of allylic oxidation sites excluding steroid dienone is 1. The summed E-state index contributed by atoms with van der Waals surface area (Å²) in [6.07, 6.45) is 9.95. The normalized spacial score (nSPS) is 26.2. The first kappa shape index (κ1) is 32.9. The topological polar surface area (TPSA) is 175 Å². The second-order valence-corrected chi connectivity index (χ2v) is 9.65. The Bertz CT molecular complexity index is 592. The molecule has 10 nitrogen and oxygen atoms in total. The molecule has 1 rings (SSSR count). The summed E-state index contributed by atoms with van der Waals surface area (Å²) >= 11 is 0. The van der Waals surface area contributed by atoms with Crippen LogP contribution < -0.4 is 11.1 Å². The summed E-state index contributed by atoms with van der Waals surface area (Å²) in [7, 11) is 0. The number of amides is 1. The van der Waals surface area contributed by atoms with Crippen molar-refractivity contribution in [2.75, 3.05) is 19.8 Å². The molecule has 212 valence electrons. The molecule has 0 radical (unpaired) electrons. The van der Waals surface area contributed by atoms with Crippen LogP contribution in [0.2, 0.25) is 0 Å². The second-order valence-electron chi connectivity index (χ2n) is 9.65. The van der Waals surface area contributed by atoms with Gasteiger partial charge in [-0.05, 0) is 12.8 Å². The number of rotatable bonds is 20. The zero-order valence-corrected chi connectivity index (χ0v) is 21.8. The quantitative estimate of drug-likeness (QED) is 0.0910. The largest absolute Gasteiger partial charge is 0.394 e. The molecule has 1 aliphatic rings. The lowest BCUT2D eigenvalue weighted by Crippen LogP contribution is -2.60. The fourth-order valence-electron chi connectivity index (χ4n) is 4.19. The summed E-state index contributed by atoms with van der Waals surface area (Å²) in [5, 5.41) is 52.3. The standard InChI is InChI=1S/C26H50N2O8/c1-2-3-4-5-6-7-8-9-10-11-12-13-14-15-20(30)19(28-22(31)16-27)18-35-26-25(34)24(33)23(32)21(17-29)36-26/h14-15,19-21,23-26,29-30,32-34H,2-13,16-18,27H2,1H3,(H,28,31)/b15-14+/t19-,20+,21+,23+,24-,25+,26+/m0/s1. The minimum absolute atomic E-state index is 0.252. The van der Waals surface area contributed by atoms with E-state index in [2.05, 4.69) is 12.2 Å². The maximum atomic E-state index is 11.8. The predicted octanol–water partition coefficient (Wildman–Crippen LogP) is 0.865. The molecule has 8 N–H and O–H groups in total. The fraction of sp³-hybridized carbons (Fsp3) is 0.885. The monoisotopic (exact) mass is 518 g/mol. The molecule has 0 aromatic carbocycles. The van der Waals surface area contributed by atoms with E-state index in [1.165, 1.54) is 57.8 Å². The maximum Gasteiger partial charge on any atom is 0.234 e. The zero-order chi connectivity index (χ0) is 26.8. The number of unbranched alkanes of at least 4 members (excludes halogenated alkanes) is 11. The molecule has 1 amide bonds. The Balaban J connectivity index is 2.37. The van der Waals surface area contributed by atoms with Crippen LogP contribution in [0.5, 0.6) is 0 Å². The SMILES string of the molecule is CCCCCCCCCCCCC/C=C/[C@@H](O)[C@H](CO[C@@H]1O[C@H](CO)[C@@H](O)[C@H](O)[C@H]1O)NC(=O)CN. The summed E-state index contributed by atoms with van der Waals surface area (Å²) in [6.45, 7) is 1.13. The molecule has 0 aromatic rings. The van der Waals surface area contributed by atoms with Gasteiger partial charge in [0.1, 0.15) is 24.4 Å². The molecule has 1 aliphatic heterocycles. The number of aliphatic hydroxyl groups is 5. The smallest absolute Gasteiger partial charge is 0.234 e. The van der Waals surface area contributed by atoms with Crippen LogP contribution in [0.1, 0.15) is 84.0 Å². The zero-order valence-electron chi connectivity index (χ0n) is 21.8. The third-order valence-electron chi connectivity index (χ3n) is 6.54. The van der Waals surface area contributed by atoms with Crippen molar-refractivity contribution < 1.29 is 39.8 Å². The van der Waals surface area contributed by atoms with Crippen molar-refractivity contribution >= 4 is 5.91 Å². The molecule has 0 bridgehead atoms. The van der Waals surface area contributed by atoms with Gasteiger partial charge in [0.05, 0.1) is 31.9 Å². The van der Waals surface area contributed by atoms with E-state index in [4.69, 9.17) is 15.2 Å². The van der Waals surface area contributed by atoms with Crippen molar-refractivity contribution in [1.82, 2.24) is 5.32 Å². The van der Waals surface area contributed by atoms with E-state index in [0.717, 1.165) is 19.3 Å². The molecule has 0 aromatic heterocycles. The molecule has 0 spiro atoms. The number of carbonyl (C=O) groups is 1. The number of hydrogen-bond acceptors (Lipinski definition) is 9. The van der Waals surface area contributed by atoms with E-state index in [-0.39, 0.29) is 13.2 Å².